The maximum absolute atomic E-state index is 5.08. The van der Waals surface area contributed by atoms with Crippen molar-refractivity contribution in [2.75, 3.05) is 33.9 Å². The zero-order valence-electron chi connectivity index (χ0n) is 12.6. The lowest BCUT2D eigenvalue weighted by atomic mass is 10.2. The largest absolute Gasteiger partial charge is 0.383 e. The van der Waals surface area contributed by atoms with E-state index in [1.54, 1.807) is 7.11 Å². The lowest BCUT2D eigenvalue weighted by Gasteiger charge is -2.16. The van der Waals surface area contributed by atoms with Gasteiger partial charge in [0.25, 0.3) is 0 Å². The molecule has 0 spiro atoms. The Balaban J connectivity index is 2.42. The van der Waals surface area contributed by atoms with Crippen LogP contribution in [0.3, 0.4) is 0 Å². The topological polar surface area (TPSA) is 37.4 Å². The summed E-state index contributed by atoms with van der Waals surface area (Å²) in [5.41, 5.74) is 2.22. The van der Waals surface area contributed by atoms with E-state index < -0.39 is 0 Å². The summed E-state index contributed by atoms with van der Waals surface area (Å²) in [6.07, 6.45) is 0. The fourth-order valence-corrected chi connectivity index (χ4v) is 1.81. The lowest BCUT2D eigenvalue weighted by molar-refractivity contribution is 0.158. The molecule has 1 aromatic rings. The van der Waals surface area contributed by atoms with Crippen LogP contribution in [0.25, 0.3) is 0 Å². The smallest absolute Gasteiger partial charge is 0.0589 e. The molecule has 0 amide bonds. The second-order valence-corrected chi connectivity index (χ2v) is 5.38. The third kappa shape index (κ3) is 7.25. The van der Waals surface area contributed by atoms with E-state index in [-0.39, 0.29) is 0 Å². The van der Waals surface area contributed by atoms with Crippen LogP contribution in [0.4, 0.5) is 0 Å². The summed E-state index contributed by atoms with van der Waals surface area (Å²) in [5, 5.41) is 3.42. The summed E-state index contributed by atoms with van der Waals surface area (Å²) < 4.78 is 5.08. The van der Waals surface area contributed by atoms with Crippen molar-refractivity contribution in [1.82, 2.24) is 15.2 Å². The standard InChI is InChI=1S/C15H27N3O/c1-13(2)10-16-11-14-6-5-7-15(17-14)12-18(3)8-9-19-4/h5-7,13,16H,8-12H2,1-4H3. The van der Waals surface area contributed by atoms with Gasteiger partial charge in [-0.2, -0.15) is 0 Å². The summed E-state index contributed by atoms with van der Waals surface area (Å²) in [5.74, 6) is 0.670. The van der Waals surface area contributed by atoms with E-state index in [4.69, 9.17) is 4.74 Å². The highest BCUT2D eigenvalue weighted by molar-refractivity contribution is 5.11. The van der Waals surface area contributed by atoms with Crippen LogP contribution in [-0.2, 0) is 17.8 Å². The number of nitrogens with one attached hydrogen (secondary N) is 1. The van der Waals surface area contributed by atoms with Gasteiger partial charge in [0.2, 0.25) is 0 Å². The number of rotatable bonds is 9. The first-order valence-corrected chi connectivity index (χ1v) is 6.94. The van der Waals surface area contributed by atoms with Gasteiger partial charge in [0.05, 0.1) is 18.0 Å². The first kappa shape index (κ1) is 16.1. The first-order valence-electron chi connectivity index (χ1n) is 6.94. The quantitative estimate of drug-likeness (QED) is 0.740. The van der Waals surface area contributed by atoms with Gasteiger partial charge in [-0.25, -0.2) is 0 Å². The second-order valence-electron chi connectivity index (χ2n) is 5.38. The Morgan fingerprint density at radius 1 is 1.32 bits per heavy atom. The van der Waals surface area contributed by atoms with Gasteiger partial charge in [-0.05, 0) is 31.6 Å². The summed E-state index contributed by atoms with van der Waals surface area (Å²) in [6, 6.07) is 6.24. The molecule has 0 unspecified atom stereocenters. The van der Waals surface area contributed by atoms with E-state index in [2.05, 4.69) is 54.3 Å². The number of methoxy groups -OCH3 is 1. The van der Waals surface area contributed by atoms with Gasteiger partial charge in [-0.1, -0.05) is 19.9 Å². The number of nitrogens with zero attached hydrogens (tertiary/aromatic N) is 2. The molecule has 0 atom stereocenters. The summed E-state index contributed by atoms with van der Waals surface area (Å²) in [7, 11) is 3.82. The van der Waals surface area contributed by atoms with Crippen molar-refractivity contribution in [2.45, 2.75) is 26.9 Å². The Kier molecular flexibility index (Phi) is 7.63. The molecule has 1 heterocycles. The number of ether oxygens (including phenoxy) is 1. The molecule has 1 N–H and O–H groups in total. The van der Waals surface area contributed by atoms with Gasteiger partial charge >= 0.3 is 0 Å². The average Bonchev–Trinajstić information content (AvgIpc) is 2.36. The van der Waals surface area contributed by atoms with Crippen molar-refractivity contribution >= 4 is 0 Å². The molecule has 4 heteroatoms. The van der Waals surface area contributed by atoms with Crippen molar-refractivity contribution in [3.05, 3.63) is 29.6 Å². The minimum Gasteiger partial charge on any atom is -0.383 e. The van der Waals surface area contributed by atoms with Crippen LogP contribution in [0.1, 0.15) is 25.2 Å². The van der Waals surface area contributed by atoms with Crippen molar-refractivity contribution in [3.8, 4) is 0 Å². The lowest BCUT2D eigenvalue weighted by Crippen LogP contribution is -2.23. The van der Waals surface area contributed by atoms with E-state index in [0.29, 0.717) is 5.92 Å². The number of hydrogen-bond acceptors (Lipinski definition) is 4. The van der Waals surface area contributed by atoms with Crippen molar-refractivity contribution in [1.29, 1.82) is 0 Å². The Morgan fingerprint density at radius 2 is 2.05 bits per heavy atom. The number of hydrogen-bond donors (Lipinski definition) is 1. The SMILES string of the molecule is COCCN(C)Cc1cccc(CNCC(C)C)n1. The maximum Gasteiger partial charge on any atom is 0.0589 e. The Bertz CT molecular complexity index is 355. The van der Waals surface area contributed by atoms with E-state index in [0.717, 1.165) is 44.2 Å². The molecule has 0 fully saturated rings. The normalized spacial score (nSPS) is 11.5. The Hall–Kier alpha value is -0.970. The average molecular weight is 265 g/mol. The van der Waals surface area contributed by atoms with E-state index in [1.807, 2.05) is 0 Å². The molecule has 0 saturated heterocycles. The summed E-state index contributed by atoms with van der Waals surface area (Å²) >= 11 is 0. The fraction of sp³-hybridized carbons (Fsp3) is 0.667. The van der Waals surface area contributed by atoms with Crippen molar-refractivity contribution < 1.29 is 4.74 Å². The molecule has 0 aromatic carbocycles. The highest BCUT2D eigenvalue weighted by Gasteiger charge is 2.03. The van der Waals surface area contributed by atoms with Gasteiger partial charge in [0.15, 0.2) is 0 Å². The van der Waals surface area contributed by atoms with Gasteiger partial charge < -0.3 is 10.1 Å². The molecule has 0 saturated carbocycles. The van der Waals surface area contributed by atoms with Crippen molar-refractivity contribution in [2.24, 2.45) is 5.92 Å². The highest BCUT2D eigenvalue weighted by atomic mass is 16.5. The molecule has 0 aliphatic rings. The second kappa shape index (κ2) is 9.02. The molecular weight excluding hydrogens is 238 g/mol. The third-order valence-electron chi connectivity index (χ3n) is 2.83. The third-order valence-corrected chi connectivity index (χ3v) is 2.83. The molecule has 0 radical (unpaired) electrons. The molecule has 4 nitrogen and oxygen atoms in total. The zero-order chi connectivity index (χ0) is 14.1. The van der Waals surface area contributed by atoms with Crippen LogP contribution in [0, 0.1) is 5.92 Å². The predicted molar refractivity (Wildman–Crippen MR) is 79.0 cm³/mol. The van der Waals surface area contributed by atoms with Crippen LogP contribution >= 0.6 is 0 Å². The van der Waals surface area contributed by atoms with E-state index >= 15 is 0 Å². The Morgan fingerprint density at radius 3 is 2.74 bits per heavy atom. The maximum atomic E-state index is 5.08. The molecule has 0 bridgehead atoms. The molecule has 1 aromatic heterocycles. The minimum absolute atomic E-state index is 0.670. The molecule has 0 aliphatic heterocycles. The van der Waals surface area contributed by atoms with Gasteiger partial charge in [0, 0.05) is 26.7 Å². The molecule has 108 valence electrons. The first-order chi connectivity index (χ1) is 9.11. The summed E-state index contributed by atoms with van der Waals surface area (Å²) in [6.45, 7) is 8.83. The number of aromatic nitrogens is 1. The van der Waals surface area contributed by atoms with Gasteiger partial charge in [-0.15, -0.1) is 0 Å². The summed E-state index contributed by atoms with van der Waals surface area (Å²) in [4.78, 5) is 6.89. The van der Waals surface area contributed by atoms with Crippen LogP contribution in [-0.4, -0.2) is 43.7 Å². The highest BCUT2D eigenvalue weighted by Crippen LogP contribution is 2.03. The molecule has 19 heavy (non-hydrogen) atoms. The zero-order valence-corrected chi connectivity index (χ0v) is 12.6. The van der Waals surface area contributed by atoms with Crippen LogP contribution in [0.15, 0.2) is 18.2 Å². The van der Waals surface area contributed by atoms with Gasteiger partial charge in [-0.3, -0.25) is 9.88 Å². The van der Waals surface area contributed by atoms with Crippen LogP contribution in [0.5, 0.6) is 0 Å². The molecular formula is C15H27N3O. The Labute approximate surface area is 117 Å². The predicted octanol–water partition coefficient (Wildman–Crippen LogP) is 1.91. The van der Waals surface area contributed by atoms with E-state index in [1.165, 1.54) is 0 Å². The monoisotopic (exact) mass is 265 g/mol. The minimum atomic E-state index is 0.670. The fourth-order valence-electron chi connectivity index (χ4n) is 1.81. The number of likely N-dealkylation sites (N-methyl/N-ethyl adjacent to an activating group) is 1. The van der Waals surface area contributed by atoms with Gasteiger partial charge in [0.1, 0.15) is 0 Å². The van der Waals surface area contributed by atoms with Crippen LogP contribution in [0.2, 0.25) is 0 Å². The molecule has 0 aliphatic carbocycles. The van der Waals surface area contributed by atoms with Crippen molar-refractivity contribution in [3.63, 3.8) is 0 Å². The van der Waals surface area contributed by atoms with E-state index in [9.17, 15) is 0 Å². The van der Waals surface area contributed by atoms with Crippen LogP contribution < -0.4 is 5.32 Å². The molecule has 1 rings (SSSR count). The number of pyridine rings is 1.